The molecule has 3 aliphatic rings. The van der Waals surface area contributed by atoms with E-state index in [0.717, 1.165) is 16.7 Å². The van der Waals surface area contributed by atoms with Crippen molar-refractivity contribution in [2.45, 2.75) is 24.8 Å². The standard InChI is InChI=1S/C26H25NO5/c1-3-11-32-25(31)23-20(24(30)27(2)14-15-7-5-4-6-8-15)22-17-10-9-16(28)12-18(17)21-19(29)13-26(21,22)23/h3-10,12,20-23,28H,1,11,13-14H2,2H3/t20-,21-,22?,23-,26?/m1/s1. The zero-order valence-electron chi connectivity index (χ0n) is 17.9. The van der Waals surface area contributed by atoms with Gasteiger partial charge in [-0.1, -0.05) is 49.1 Å². The second kappa shape index (κ2) is 7.33. The lowest BCUT2D eigenvalue weighted by Gasteiger charge is -2.63. The van der Waals surface area contributed by atoms with Gasteiger partial charge in [0.15, 0.2) is 0 Å². The normalized spacial score (nSPS) is 29.0. The van der Waals surface area contributed by atoms with Crippen LogP contribution < -0.4 is 0 Å². The van der Waals surface area contributed by atoms with Gasteiger partial charge in [0.2, 0.25) is 5.91 Å². The maximum absolute atomic E-state index is 13.7. The number of ketones is 1. The summed E-state index contributed by atoms with van der Waals surface area (Å²) in [5.41, 5.74) is 1.99. The summed E-state index contributed by atoms with van der Waals surface area (Å²) in [6.45, 7) is 4.08. The van der Waals surface area contributed by atoms with Gasteiger partial charge in [-0.3, -0.25) is 14.4 Å². The van der Waals surface area contributed by atoms with Gasteiger partial charge in [-0.25, -0.2) is 0 Å². The first-order valence-corrected chi connectivity index (χ1v) is 10.8. The lowest BCUT2D eigenvalue weighted by Crippen LogP contribution is -2.68. The summed E-state index contributed by atoms with van der Waals surface area (Å²) in [6, 6.07) is 14.7. The van der Waals surface area contributed by atoms with Crippen LogP contribution in [0.15, 0.2) is 61.2 Å². The number of fused-ring (bicyclic) bond motifs is 3. The molecule has 2 aromatic carbocycles. The molecule has 2 unspecified atom stereocenters. The smallest absolute Gasteiger partial charge is 0.310 e. The number of phenolic OH excluding ortho intramolecular Hbond substituents is 1. The summed E-state index contributed by atoms with van der Waals surface area (Å²) < 4.78 is 5.40. The van der Waals surface area contributed by atoms with Crippen LogP contribution in [-0.2, 0) is 25.7 Å². The van der Waals surface area contributed by atoms with E-state index < -0.39 is 29.1 Å². The number of hydrogen-bond acceptors (Lipinski definition) is 5. The van der Waals surface area contributed by atoms with Crippen LogP contribution in [0.4, 0.5) is 0 Å². The van der Waals surface area contributed by atoms with Crippen LogP contribution in [0.1, 0.15) is 34.9 Å². The number of phenols is 1. The van der Waals surface area contributed by atoms with E-state index in [4.69, 9.17) is 4.74 Å². The van der Waals surface area contributed by atoms with Gasteiger partial charge in [-0.15, -0.1) is 0 Å². The van der Waals surface area contributed by atoms with Crippen LogP contribution in [-0.4, -0.2) is 41.3 Å². The maximum Gasteiger partial charge on any atom is 0.310 e. The first kappa shape index (κ1) is 20.5. The molecule has 1 N–H and O–H groups in total. The largest absolute Gasteiger partial charge is 0.508 e. The van der Waals surface area contributed by atoms with Gasteiger partial charge in [-0.2, -0.15) is 0 Å². The summed E-state index contributed by atoms with van der Waals surface area (Å²) in [4.78, 5) is 41.1. The third kappa shape index (κ3) is 2.68. The first-order chi connectivity index (χ1) is 15.4. The molecule has 0 aromatic heterocycles. The first-order valence-electron chi connectivity index (χ1n) is 10.8. The molecular formula is C26H25NO5. The average molecular weight is 431 g/mol. The molecular weight excluding hydrogens is 406 g/mol. The molecule has 2 aromatic rings. The Morgan fingerprint density at radius 3 is 2.66 bits per heavy atom. The van der Waals surface area contributed by atoms with E-state index in [2.05, 4.69) is 6.58 Å². The highest BCUT2D eigenvalue weighted by atomic mass is 16.5. The molecule has 3 aliphatic carbocycles. The monoisotopic (exact) mass is 431 g/mol. The number of hydrogen-bond donors (Lipinski definition) is 1. The second-order valence-electron chi connectivity index (χ2n) is 9.08. The number of esters is 1. The highest BCUT2D eigenvalue weighted by Crippen LogP contribution is 2.79. The Bertz CT molecular complexity index is 1130. The molecule has 164 valence electrons. The summed E-state index contributed by atoms with van der Waals surface area (Å²) in [5.74, 6) is -2.49. The summed E-state index contributed by atoms with van der Waals surface area (Å²) >= 11 is 0. The molecule has 0 aliphatic heterocycles. The summed E-state index contributed by atoms with van der Waals surface area (Å²) in [6.07, 6.45) is 1.74. The Hall–Kier alpha value is -3.41. The van der Waals surface area contributed by atoms with E-state index >= 15 is 0 Å². The molecule has 2 fully saturated rings. The predicted molar refractivity (Wildman–Crippen MR) is 117 cm³/mol. The highest BCUT2D eigenvalue weighted by Gasteiger charge is 2.80. The molecule has 0 saturated heterocycles. The molecule has 0 bridgehead atoms. The number of benzene rings is 2. The fourth-order valence-corrected chi connectivity index (χ4v) is 6.30. The quantitative estimate of drug-likeness (QED) is 0.561. The van der Waals surface area contributed by atoms with E-state index in [1.54, 1.807) is 30.1 Å². The van der Waals surface area contributed by atoms with Crippen LogP contribution >= 0.6 is 0 Å². The SMILES string of the molecule is C=CCOC(=O)[C@H]1[C@H](C(=O)N(C)Cc2ccccc2)C2c3ccc(O)cc3[C@@H]3C(=O)CC231. The van der Waals surface area contributed by atoms with Gasteiger partial charge in [-0.05, 0) is 28.8 Å². The van der Waals surface area contributed by atoms with Gasteiger partial charge in [0.05, 0.1) is 17.8 Å². The number of rotatable bonds is 6. The minimum absolute atomic E-state index is 0.0457. The molecule has 2 saturated carbocycles. The zero-order chi connectivity index (χ0) is 22.6. The Balaban J connectivity index is 1.52. The third-order valence-corrected chi connectivity index (χ3v) is 7.45. The zero-order valence-corrected chi connectivity index (χ0v) is 17.9. The molecule has 6 nitrogen and oxygen atoms in total. The minimum Gasteiger partial charge on any atom is -0.508 e. The van der Waals surface area contributed by atoms with Crippen molar-refractivity contribution >= 4 is 17.7 Å². The van der Waals surface area contributed by atoms with Gasteiger partial charge in [0.25, 0.3) is 0 Å². The molecule has 5 rings (SSSR count). The predicted octanol–water partition coefficient (Wildman–Crippen LogP) is 3.17. The van der Waals surface area contributed by atoms with Crippen molar-refractivity contribution in [2.75, 3.05) is 13.7 Å². The highest BCUT2D eigenvalue weighted by molar-refractivity contribution is 6.02. The van der Waals surface area contributed by atoms with Crippen LogP contribution in [0.3, 0.4) is 0 Å². The van der Waals surface area contributed by atoms with Crippen molar-refractivity contribution in [1.29, 1.82) is 0 Å². The van der Waals surface area contributed by atoms with Crippen molar-refractivity contribution in [3.05, 3.63) is 77.9 Å². The number of ether oxygens (including phenoxy) is 1. The summed E-state index contributed by atoms with van der Waals surface area (Å²) in [5, 5.41) is 10.0. The minimum atomic E-state index is -0.699. The van der Waals surface area contributed by atoms with Gasteiger partial charge in [0, 0.05) is 31.3 Å². The second-order valence-corrected chi connectivity index (χ2v) is 9.08. The van der Waals surface area contributed by atoms with Crippen LogP contribution in [0.5, 0.6) is 5.75 Å². The van der Waals surface area contributed by atoms with Crippen molar-refractivity contribution < 1.29 is 24.2 Å². The van der Waals surface area contributed by atoms with Crippen LogP contribution in [0.2, 0.25) is 0 Å². The van der Waals surface area contributed by atoms with Crippen molar-refractivity contribution in [3.63, 3.8) is 0 Å². The lowest BCUT2D eigenvalue weighted by atomic mass is 9.37. The van der Waals surface area contributed by atoms with E-state index in [0.29, 0.717) is 6.54 Å². The average Bonchev–Trinajstić information content (AvgIpc) is 2.93. The van der Waals surface area contributed by atoms with Crippen molar-refractivity contribution in [1.82, 2.24) is 4.90 Å². The van der Waals surface area contributed by atoms with E-state index in [-0.39, 0.29) is 36.4 Å². The number of carbonyl (C=O) groups excluding carboxylic acids is 3. The third-order valence-electron chi connectivity index (χ3n) is 7.45. The van der Waals surface area contributed by atoms with E-state index in [1.807, 2.05) is 30.3 Å². The van der Waals surface area contributed by atoms with Crippen LogP contribution in [0, 0.1) is 17.3 Å². The van der Waals surface area contributed by atoms with Crippen molar-refractivity contribution in [3.8, 4) is 5.75 Å². The Labute approximate surface area is 186 Å². The molecule has 32 heavy (non-hydrogen) atoms. The number of carbonyl (C=O) groups is 3. The van der Waals surface area contributed by atoms with Crippen LogP contribution in [0.25, 0.3) is 0 Å². The number of Topliss-reactive ketones (excluding diaryl/α,β-unsaturated/α-hetero) is 1. The van der Waals surface area contributed by atoms with E-state index in [1.165, 1.54) is 6.08 Å². The number of nitrogens with zero attached hydrogens (tertiary/aromatic N) is 1. The van der Waals surface area contributed by atoms with Gasteiger partial charge >= 0.3 is 5.97 Å². The molecule has 1 spiro atoms. The fraction of sp³-hybridized carbons (Fsp3) is 0.346. The Morgan fingerprint density at radius 2 is 1.97 bits per heavy atom. The summed E-state index contributed by atoms with van der Waals surface area (Å²) in [7, 11) is 1.74. The fourth-order valence-electron chi connectivity index (χ4n) is 6.30. The lowest BCUT2D eigenvalue weighted by molar-refractivity contribution is -0.196. The number of aromatic hydroxyl groups is 1. The van der Waals surface area contributed by atoms with Gasteiger partial charge < -0.3 is 14.7 Å². The molecule has 0 radical (unpaired) electrons. The van der Waals surface area contributed by atoms with E-state index in [9.17, 15) is 19.5 Å². The topological polar surface area (TPSA) is 83.9 Å². The molecule has 6 heteroatoms. The molecule has 5 atom stereocenters. The van der Waals surface area contributed by atoms with Crippen molar-refractivity contribution in [2.24, 2.45) is 17.3 Å². The molecule has 1 amide bonds. The number of amides is 1. The Kier molecular flexibility index (Phi) is 4.69. The Morgan fingerprint density at radius 1 is 1.22 bits per heavy atom. The molecule has 0 heterocycles. The van der Waals surface area contributed by atoms with Gasteiger partial charge in [0.1, 0.15) is 18.1 Å². The maximum atomic E-state index is 13.7.